The van der Waals surface area contributed by atoms with E-state index in [-0.39, 0.29) is 24.3 Å². The summed E-state index contributed by atoms with van der Waals surface area (Å²) in [6, 6.07) is 0.381. The number of hydrogen-bond acceptors (Lipinski definition) is 3. The predicted molar refractivity (Wildman–Crippen MR) is 55.2 cm³/mol. The topological polar surface area (TPSA) is 41.6 Å². The maximum Gasteiger partial charge on any atom is 0.410 e. The molecule has 1 aliphatic rings. The van der Waals surface area contributed by atoms with Gasteiger partial charge in [-0.2, -0.15) is 0 Å². The zero-order valence-electron chi connectivity index (χ0n) is 9.41. The highest BCUT2D eigenvalue weighted by Crippen LogP contribution is 2.10. The Labute approximate surface area is 85.6 Å². The Kier molecular flexibility index (Phi) is 3.75. The molecule has 1 fully saturated rings. The highest BCUT2D eigenvalue weighted by Gasteiger charge is 2.27. The molecule has 1 amide bonds. The molecule has 1 rings (SSSR count). The van der Waals surface area contributed by atoms with Gasteiger partial charge in [0.15, 0.2) is 0 Å². The second-order valence-electron chi connectivity index (χ2n) is 4.26. The van der Waals surface area contributed by atoms with Crippen molar-refractivity contribution in [1.82, 2.24) is 10.2 Å². The molecular formula is C10H20N2O2. The fraction of sp³-hybridized carbons (Fsp3) is 0.900. The molecular weight excluding hydrogens is 180 g/mol. The molecule has 1 N–H and O–H groups in total. The molecule has 0 aromatic heterocycles. The van der Waals surface area contributed by atoms with Gasteiger partial charge in [0.25, 0.3) is 0 Å². The summed E-state index contributed by atoms with van der Waals surface area (Å²) in [6.07, 6.45) is -0.121. The van der Waals surface area contributed by atoms with Gasteiger partial charge < -0.3 is 15.0 Å². The third-order valence-electron chi connectivity index (χ3n) is 2.34. The lowest BCUT2D eigenvalue weighted by molar-refractivity contribution is 0.0254. The second kappa shape index (κ2) is 4.64. The quantitative estimate of drug-likeness (QED) is 0.744. The first-order valence-electron chi connectivity index (χ1n) is 5.22. The van der Waals surface area contributed by atoms with Crippen LogP contribution in [0, 0.1) is 0 Å². The molecule has 1 aliphatic heterocycles. The van der Waals surface area contributed by atoms with Crippen molar-refractivity contribution in [2.24, 2.45) is 0 Å². The van der Waals surface area contributed by atoms with E-state index in [1.165, 1.54) is 0 Å². The zero-order valence-corrected chi connectivity index (χ0v) is 9.41. The van der Waals surface area contributed by atoms with Crippen LogP contribution in [0.25, 0.3) is 0 Å². The van der Waals surface area contributed by atoms with Crippen molar-refractivity contribution in [2.75, 3.05) is 13.1 Å². The summed E-state index contributed by atoms with van der Waals surface area (Å²) in [7, 11) is 0. The molecule has 4 heteroatoms. The molecule has 0 spiro atoms. The van der Waals surface area contributed by atoms with E-state index in [0.29, 0.717) is 0 Å². The third-order valence-corrected chi connectivity index (χ3v) is 2.34. The lowest BCUT2D eigenvalue weighted by Gasteiger charge is -2.34. The molecule has 0 aliphatic carbocycles. The molecule has 0 atom stereocenters. The summed E-state index contributed by atoms with van der Waals surface area (Å²) < 4.78 is 5.30. The van der Waals surface area contributed by atoms with Gasteiger partial charge in [-0.1, -0.05) is 0 Å². The molecule has 0 aromatic carbocycles. The minimum Gasteiger partial charge on any atom is -0.443 e. The number of rotatable bonds is 3. The van der Waals surface area contributed by atoms with E-state index in [9.17, 15) is 4.79 Å². The van der Waals surface area contributed by atoms with Crippen LogP contribution in [0.3, 0.4) is 0 Å². The molecule has 1 heterocycles. The van der Waals surface area contributed by atoms with Crippen LogP contribution in [0.5, 0.6) is 0 Å². The van der Waals surface area contributed by atoms with Crippen LogP contribution in [0.15, 0.2) is 0 Å². The van der Waals surface area contributed by atoms with Gasteiger partial charge in [-0.05, 0) is 27.7 Å². The second-order valence-corrected chi connectivity index (χ2v) is 4.26. The number of amides is 1. The Morgan fingerprint density at radius 2 is 1.79 bits per heavy atom. The summed E-state index contributed by atoms with van der Waals surface area (Å²) in [5.74, 6) is 0. The molecule has 0 bridgehead atoms. The maximum absolute atomic E-state index is 11.7. The van der Waals surface area contributed by atoms with Gasteiger partial charge in [0, 0.05) is 25.2 Å². The molecule has 82 valence electrons. The smallest absolute Gasteiger partial charge is 0.410 e. The number of carbonyl (C=O) groups excluding carboxylic acids is 1. The Morgan fingerprint density at radius 1 is 1.29 bits per heavy atom. The first-order chi connectivity index (χ1) is 6.52. The maximum atomic E-state index is 11.7. The molecule has 0 unspecified atom stereocenters. The van der Waals surface area contributed by atoms with Crippen molar-refractivity contribution in [1.29, 1.82) is 0 Å². The Balaban J connectivity index is 2.45. The Bertz CT molecular complexity index is 192. The summed E-state index contributed by atoms with van der Waals surface area (Å²) in [5, 5.41) is 3.07. The van der Waals surface area contributed by atoms with E-state index in [1.54, 1.807) is 4.90 Å². The molecule has 0 radical (unpaired) electrons. The van der Waals surface area contributed by atoms with E-state index < -0.39 is 0 Å². The average Bonchev–Trinajstić information content (AvgIpc) is 1.95. The van der Waals surface area contributed by atoms with Crippen LogP contribution in [0.2, 0.25) is 0 Å². The van der Waals surface area contributed by atoms with Crippen LogP contribution < -0.4 is 5.32 Å². The average molecular weight is 200 g/mol. The van der Waals surface area contributed by atoms with Gasteiger partial charge in [0.05, 0.1) is 0 Å². The van der Waals surface area contributed by atoms with E-state index in [0.717, 1.165) is 13.1 Å². The minimum absolute atomic E-state index is 0.0718. The molecule has 0 aromatic rings. The predicted octanol–water partition coefficient (Wildman–Crippen LogP) is 1.21. The van der Waals surface area contributed by atoms with Crippen molar-refractivity contribution in [3.05, 3.63) is 0 Å². The fourth-order valence-electron chi connectivity index (χ4n) is 1.57. The van der Waals surface area contributed by atoms with Crippen molar-refractivity contribution in [3.8, 4) is 0 Å². The Morgan fingerprint density at radius 3 is 2.07 bits per heavy atom. The molecule has 0 saturated carbocycles. The largest absolute Gasteiger partial charge is 0.443 e. The normalized spacial score (nSPS) is 17.0. The first kappa shape index (κ1) is 11.3. The van der Waals surface area contributed by atoms with Gasteiger partial charge in [0.2, 0.25) is 0 Å². The van der Waals surface area contributed by atoms with Crippen LogP contribution in [0.1, 0.15) is 27.7 Å². The minimum atomic E-state index is -0.193. The van der Waals surface area contributed by atoms with Crippen molar-refractivity contribution < 1.29 is 9.53 Å². The lowest BCUT2D eigenvalue weighted by Crippen LogP contribution is -2.52. The fourth-order valence-corrected chi connectivity index (χ4v) is 1.57. The molecule has 14 heavy (non-hydrogen) atoms. The number of hydrogen-bond donors (Lipinski definition) is 1. The van der Waals surface area contributed by atoms with Crippen LogP contribution in [-0.2, 0) is 4.74 Å². The van der Waals surface area contributed by atoms with Crippen LogP contribution in [-0.4, -0.2) is 42.3 Å². The van der Waals surface area contributed by atoms with Gasteiger partial charge in [-0.25, -0.2) is 4.79 Å². The van der Waals surface area contributed by atoms with Crippen molar-refractivity contribution in [3.63, 3.8) is 0 Å². The van der Waals surface area contributed by atoms with E-state index >= 15 is 0 Å². The standard InChI is InChI=1S/C10H20N2O2/c1-7(2)12(8(3)4)10(13)14-9-5-11-6-9/h7-9,11H,5-6H2,1-4H3. The number of carbonyl (C=O) groups is 1. The number of nitrogens with zero attached hydrogens (tertiary/aromatic N) is 1. The van der Waals surface area contributed by atoms with Crippen LogP contribution >= 0.6 is 0 Å². The van der Waals surface area contributed by atoms with Gasteiger partial charge >= 0.3 is 6.09 Å². The summed E-state index contributed by atoms with van der Waals surface area (Å²) in [4.78, 5) is 13.5. The summed E-state index contributed by atoms with van der Waals surface area (Å²) in [6.45, 7) is 9.58. The third kappa shape index (κ3) is 2.61. The van der Waals surface area contributed by atoms with Gasteiger partial charge in [-0.3, -0.25) is 0 Å². The number of nitrogens with one attached hydrogen (secondary N) is 1. The summed E-state index contributed by atoms with van der Waals surface area (Å²) >= 11 is 0. The lowest BCUT2D eigenvalue weighted by atomic mass is 10.2. The first-order valence-corrected chi connectivity index (χ1v) is 5.22. The Hall–Kier alpha value is -0.770. The SMILES string of the molecule is CC(C)N(C(=O)OC1CNC1)C(C)C. The van der Waals surface area contributed by atoms with E-state index in [1.807, 2.05) is 27.7 Å². The molecule has 1 saturated heterocycles. The van der Waals surface area contributed by atoms with Crippen molar-refractivity contribution >= 4 is 6.09 Å². The molecule has 4 nitrogen and oxygen atoms in total. The highest BCUT2D eigenvalue weighted by atomic mass is 16.6. The highest BCUT2D eigenvalue weighted by molar-refractivity contribution is 5.68. The van der Waals surface area contributed by atoms with Gasteiger partial charge in [-0.15, -0.1) is 0 Å². The number of ether oxygens (including phenoxy) is 1. The van der Waals surface area contributed by atoms with E-state index in [4.69, 9.17) is 4.74 Å². The zero-order chi connectivity index (χ0) is 10.7. The van der Waals surface area contributed by atoms with E-state index in [2.05, 4.69) is 5.32 Å². The monoisotopic (exact) mass is 200 g/mol. The van der Waals surface area contributed by atoms with Gasteiger partial charge in [0.1, 0.15) is 6.10 Å². The summed E-state index contributed by atoms with van der Waals surface area (Å²) in [5.41, 5.74) is 0. The van der Waals surface area contributed by atoms with Crippen LogP contribution in [0.4, 0.5) is 4.79 Å². The van der Waals surface area contributed by atoms with Crippen molar-refractivity contribution in [2.45, 2.75) is 45.9 Å².